The molecule has 2 aromatic heterocycles. The van der Waals surface area contributed by atoms with Crippen molar-refractivity contribution in [1.82, 2.24) is 19.5 Å². The number of nitrogens with one attached hydrogen (secondary N) is 2. The van der Waals surface area contributed by atoms with E-state index in [-0.39, 0.29) is 33.7 Å². The minimum atomic E-state index is -0.410. The van der Waals surface area contributed by atoms with Crippen LogP contribution < -0.4 is 11.2 Å². The van der Waals surface area contributed by atoms with Crippen LogP contribution in [0, 0.1) is 16.7 Å². The first-order chi connectivity index (χ1) is 11.5. The van der Waals surface area contributed by atoms with Crippen LogP contribution in [0.4, 0.5) is 0 Å². The Hall–Kier alpha value is -1.89. The molecule has 0 saturated carbocycles. The summed E-state index contributed by atoms with van der Waals surface area (Å²) in [5, 5.41) is 0. The smallest absolute Gasteiger partial charge is 0.329 e. The summed E-state index contributed by atoms with van der Waals surface area (Å²) in [6, 6.07) is 0. The van der Waals surface area contributed by atoms with Gasteiger partial charge in [0.05, 0.1) is 12.4 Å². The molecule has 3 atom stereocenters. The highest BCUT2D eigenvalue weighted by Crippen LogP contribution is 2.46. The summed E-state index contributed by atoms with van der Waals surface area (Å²) in [7, 11) is 0. The van der Waals surface area contributed by atoms with E-state index in [1.807, 2.05) is 0 Å². The van der Waals surface area contributed by atoms with E-state index in [1.165, 1.54) is 10.9 Å². The lowest BCUT2D eigenvalue weighted by molar-refractivity contribution is -0.0320. The molecule has 1 saturated heterocycles. The topological polar surface area (TPSA) is 92.8 Å². The van der Waals surface area contributed by atoms with E-state index in [4.69, 9.17) is 4.74 Å². The highest BCUT2D eigenvalue weighted by molar-refractivity contribution is 5.68. The highest BCUT2D eigenvalue weighted by Gasteiger charge is 2.44. The summed E-state index contributed by atoms with van der Waals surface area (Å²) in [5.41, 5.74) is 0.0331. The number of nitrogens with zero attached hydrogens (tertiary/aromatic N) is 2. The quantitative estimate of drug-likeness (QED) is 0.873. The maximum atomic E-state index is 12.5. The Balaban J connectivity index is 2.02. The van der Waals surface area contributed by atoms with Crippen LogP contribution in [-0.2, 0) is 4.74 Å². The monoisotopic (exact) mass is 348 g/mol. The molecule has 7 heteroatoms. The van der Waals surface area contributed by atoms with E-state index < -0.39 is 6.23 Å². The van der Waals surface area contributed by atoms with Crippen LogP contribution in [0.5, 0.6) is 0 Å². The van der Waals surface area contributed by atoms with Crippen molar-refractivity contribution >= 4 is 11.2 Å². The molecular formula is C18H28N4O3. The van der Waals surface area contributed by atoms with Gasteiger partial charge in [-0.3, -0.25) is 9.78 Å². The molecule has 0 radical (unpaired) electrons. The fraction of sp³-hybridized carbons (Fsp3) is 0.722. The lowest BCUT2D eigenvalue weighted by atomic mass is 9.73. The molecule has 0 bridgehead atoms. The molecule has 3 rings (SSSR count). The number of fused-ring (bicyclic) bond motifs is 1. The molecule has 138 valence electrons. The second kappa shape index (κ2) is 5.83. The lowest BCUT2D eigenvalue weighted by Gasteiger charge is -2.33. The summed E-state index contributed by atoms with van der Waals surface area (Å²) in [6.07, 6.45) is 2.61. The minimum Gasteiger partial charge on any atom is -0.354 e. The van der Waals surface area contributed by atoms with Gasteiger partial charge in [0.2, 0.25) is 0 Å². The second-order valence-corrected chi connectivity index (χ2v) is 9.33. The summed E-state index contributed by atoms with van der Waals surface area (Å²) in [5.74, 6) is 0.315. The molecule has 0 unspecified atom stereocenters. The lowest BCUT2D eigenvalue weighted by Crippen LogP contribution is -2.31. The molecule has 0 spiro atoms. The van der Waals surface area contributed by atoms with Gasteiger partial charge in [0, 0.05) is 0 Å². The number of H-pyrrole nitrogens is 2. The zero-order valence-corrected chi connectivity index (χ0v) is 15.8. The first-order valence-electron chi connectivity index (χ1n) is 8.81. The van der Waals surface area contributed by atoms with E-state index >= 15 is 0 Å². The number of aromatic nitrogens is 4. The van der Waals surface area contributed by atoms with Gasteiger partial charge in [-0.25, -0.2) is 14.3 Å². The van der Waals surface area contributed by atoms with Crippen molar-refractivity contribution in [2.75, 3.05) is 0 Å². The largest absolute Gasteiger partial charge is 0.354 e. The number of imidazole rings is 1. The van der Waals surface area contributed by atoms with Crippen molar-refractivity contribution in [3.8, 4) is 0 Å². The summed E-state index contributed by atoms with van der Waals surface area (Å²) >= 11 is 0. The Morgan fingerprint density at radius 2 is 1.92 bits per heavy atom. The number of ether oxygens (including phenoxy) is 1. The van der Waals surface area contributed by atoms with E-state index in [0.29, 0.717) is 11.6 Å². The van der Waals surface area contributed by atoms with Crippen LogP contribution in [0.15, 0.2) is 15.9 Å². The highest BCUT2D eigenvalue weighted by atomic mass is 16.5. The van der Waals surface area contributed by atoms with Crippen molar-refractivity contribution in [3.63, 3.8) is 0 Å². The molecule has 0 aromatic carbocycles. The Morgan fingerprint density at radius 1 is 1.24 bits per heavy atom. The molecule has 1 aliphatic rings. The van der Waals surface area contributed by atoms with Gasteiger partial charge in [0.15, 0.2) is 11.2 Å². The third kappa shape index (κ3) is 3.42. The standard InChI is InChI=1S/C18H28N4O3/c1-17(2,3)8-11-10(18(4,5)6)7-12(25-11)22-14-13(21-16(22)24)15(23)20-9-19-14/h9-12H,7-8H2,1-6H3,(H,21,24)(H,19,20,23)/t10-,11-,12-/m1/s1. The average molecular weight is 348 g/mol. The van der Waals surface area contributed by atoms with Crippen molar-refractivity contribution < 1.29 is 4.74 Å². The van der Waals surface area contributed by atoms with Gasteiger partial charge in [0.25, 0.3) is 5.56 Å². The summed E-state index contributed by atoms with van der Waals surface area (Å²) in [6.45, 7) is 13.2. The first-order valence-corrected chi connectivity index (χ1v) is 8.81. The third-order valence-electron chi connectivity index (χ3n) is 4.96. The van der Waals surface area contributed by atoms with Gasteiger partial charge in [0.1, 0.15) is 6.23 Å². The molecule has 1 fully saturated rings. The van der Waals surface area contributed by atoms with Crippen molar-refractivity contribution in [1.29, 1.82) is 0 Å². The zero-order valence-electron chi connectivity index (χ0n) is 15.8. The predicted octanol–water partition coefficient (Wildman–Crippen LogP) is 2.80. The minimum absolute atomic E-state index is 0.0591. The summed E-state index contributed by atoms with van der Waals surface area (Å²) < 4.78 is 7.83. The van der Waals surface area contributed by atoms with Gasteiger partial charge >= 0.3 is 5.69 Å². The van der Waals surface area contributed by atoms with Gasteiger partial charge in [-0.1, -0.05) is 41.5 Å². The fourth-order valence-electron chi connectivity index (χ4n) is 3.81. The molecule has 2 N–H and O–H groups in total. The molecule has 7 nitrogen and oxygen atoms in total. The molecule has 25 heavy (non-hydrogen) atoms. The van der Waals surface area contributed by atoms with Gasteiger partial charge in [-0.05, 0) is 29.6 Å². The van der Waals surface area contributed by atoms with Crippen LogP contribution >= 0.6 is 0 Å². The van der Waals surface area contributed by atoms with Gasteiger partial charge < -0.3 is 9.72 Å². The SMILES string of the molecule is CC(C)(C)C[C@H]1O[C@@H](n2c(=O)[nH]c3c(=O)[nH]cnc32)C[C@H]1C(C)(C)C. The van der Waals surface area contributed by atoms with E-state index in [2.05, 4.69) is 56.5 Å². The average Bonchev–Trinajstić information content (AvgIpc) is 2.98. The first kappa shape index (κ1) is 17.9. The van der Waals surface area contributed by atoms with Gasteiger partial charge in [-0.15, -0.1) is 0 Å². The molecule has 3 heterocycles. The maximum Gasteiger partial charge on any atom is 0.329 e. The Bertz CT molecular complexity index is 879. The maximum absolute atomic E-state index is 12.5. The number of hydrogen-bond acceptors (Lipinski definition) is 4. The molecule has 2 aromatic rings. The number of rotatable bonds is 2. The Morgan fingerprint density at radius 3 is 2.52 bits per heavy atom. The Kier molecular flexibility index (Phi) is 4.18. The van der Waals surface area contributed by atoms with Crippen molar-refractivity contribution in [3.05, 3.63) is 27.2 Å². The van der Waals surface area contributed by atoms with Crippen molar-refractivity contribution in [2.24, 2.45) is 16.7 Å². The van der Waals surface area contributed by atoms with E-state index in [9.17, 15) is 9.59 Å². The third-order valence-corrected chi connectivity index (χ3v) is 4.96. The summed E-state index contributed by atoms with van der Waals surface area (Å²) in [4.78, 5) is 33.7. The molecule has 1 aliphatic heterocycles. The van der Waals surface area contributed by atoms with E-state index in [0.717, 1.165) is 12.8 Å². The van der Waals surface area contributed by atoms with Gasteiger partial charge in [-0.2, -0.15) is 0 Å². The van der Waals surface area contributed by atoms with Crippen LogP contribution in [-0.4, -0.2) is 25.6 Å². The molecule has 0 amide bonds. The number of aromatic amines is 2. The molecular weight excluding hydrogens is 320 g/mol. The van der Waals surface area contributed by atoms with Crippen LogP contribution in [0.1, 0.15) is 60.6 Å². The van der Waals surface area contributed by atoms with Crippen LogP contribution in [0.2, 0.25) is 0 Å². The van der Waals surface area contributed by atoms with Crippen molar-refractivity contribution in [2.45, 2.75) is 66.7 Å². The number of hydrogen-bond donors (Lipinski definition) is 2. The van der Waals surface area contributed by atoms with Crippen LogP contribution in [0.25, 0.3) is 11.2 Å². The van der Waals surface area contributed by atoms with Crippen LogP contribution in [0.3, 0.4) is 0 Å². The zero-order chi connectivity index (χ0) is 18.6. The van der Waals surface area contributed by atoms with E-state index in [1.54, 1.807) is 0 Å². The predicted molar refractivity (Wildman–Crippen MR) is 96.5 cm³/mol. The Labute approximate surface area is 146 Å². The molecule has 0 aliphatic carbocycles. The fourth-order valence-corrected chi connectivity index (χ4v) is 3.81. The normalized spacial score (nSPS) is 25.0. The second-order valence-electron chi connectivity index (χ2n) is 9.33.